The van der Waals surface area contributed by atoms with Gasteiger partial charge in [0.25, 0.3) is 0 Å². The molecule has 1 saturated heterocycles. The molecular weight excluding hydrogens is 409 g/mol. The molecule has 0 radical (unpaired) electrons. The van der Waals surface area contributed by atoms with Gasteiger partial charge in [-0.3, -0.25) is 0 Å². The van der Waals surface area contributed by atoms with Crippen LogP contribution >= 0.6 is 0 Å². The minimum Gasteiger partial charge on any atom is -0.465 e. The molecule has 7 nitrogen and oxygen atoms in total. The predicted octanol–water partition coefficient (Wildman–Crippen LogP) is 2.39. The van der Waals surface area contributed by atoms with Crippen LogP contribution in [0.1, 0.15) is 24.8 Å². The molecule has 1 fully saturated rings. The second kappa shape index (κ2) is 8.60. The maximum Gasteiger partial charge on any atom is 0.407 e. The van der Waals surface area contributed by atoms with Gasteiger partial charge in [-0.2, -0.15) is 0 Å². The monoisotopic (exact) mass is 433 g/mol. The molecule has 0 unspecified atom stereocenters. The molecule has 1 aromatic carbocycles. The first kappa shape index (κ1) is 22.4. The Hall–Kier alpha value is -1.94. The van der Waals surface area contributed by atoms with Crippen molar-refractivity contribution in [2.45, 2.75) is 29.8 Å². The van der Waals surface area contributed by atoms with E-state index in [0.717, 1.165) is 11.2 Å². The summed E-state index contributed by atoms with van der Waals surface area (Å²) in [6, 6.07) is 6.04. The largest absolute Gasteiger partial charge is 0.465 e. The molecule has 1 N–H and O–H groups in total. The lowest BCUT2D eigenvalue weighted by atomic mass is 9.91. The first-order valence-electron chi connectivity index (χ1n) is 8.74. The van der Waals surface area contributed by atoms with Crippen molar-refractivity contribution in [2.24, 2.45) is 0 Å². The van der Waals surface area contributed by atoms with Crippen LogP contribution in [0.3, 0.4) is 0 Å². The van der Waals surface area contributed by atoms with Crippen molar-refractivity contribution >= 4 is 31.8 Å². The van der Waals surface area contributed by atoms with Crippen molar-refractivity contribution in [3.63, 3.8) is 0 Å². The lowest BCUT2D eigenvalue weighted by Gasteiger charge is -2.34. The molecule has 0 spiro atoms. The van der Waals surface area contributed by atoms with Crippen molar-refractivity contribution in [2.75, 3.05) is 30.9 Å². The van der Waals surface area contributed by atoms with Gasteiger partial charge in [0, 0.05) is 19.3 Å². The van der Waals surface area contributed by atoms with Crippen molar-refractivity contribution < 1.29 is 31.1 Å². The summed E-state index contributed by atoms with van der Waals surface area (Å²) in [4.78, 5) is 12.2. The van der Waals surface area contributed by atoms with E-state index in [1.54, 1.807) is 18.2 Å². The number of carboxylic acid groups (broad SMARTS) is 1. The number of sulfone groups is 2. The molecule has 0 aliphatic carbocycles. The van der Waals surface area contributed by atoms with Crippen molar-refractivity contribution in [1.29, 1.82) is 0 Å². The number of benzene rings is 1. The standard InChI is InChI=1S/C18H24FNO6S2/c1-27(23,24)16-6-4-15(5-7-16)3-2-13-28(25,26)14-10-18(19)8-11-20(12-9-18)17(21)22/h2-7H,8-14H2,1H3,(H,21,22). The lowest BCUT2D eigenvalue weighted by molar-refractivity contribution is 0.0550. The van der Waals surface area contributed by atoms with Crippen molar-refractivity contribution in [3.8, 4) is 0 Å². The number of hydrogen-bond acceptors (Lipinski definition) is 5. The van der Waals surface area contributed by atoms with Gasteiger partial charge < -0.3 is 10.0 Å². The fourth-order valence-corrected chi connectivity index (χ4v) is 4.79. The van der Waals surface area contributed by atoms with Crippen LogP contribution < -0.4 is 0 Å². The summed E-state index contributed by atoms with van der Waals surface area (Å²) in [6.45, 7) is 0.129. The van der Waals surface area contributed by atoms with Crippen LogP contribution in [0.5, 0.6) is 0 Å². The van der Waals surface area contributed by atoms with Crippen LogP contribution in [0, 0.1) is 0 Å². The Morgan fingerprint density at radius 3 is 2.25 bits per heavy atom. The summed E-state index contributed by atoms with van der Waals surface area (Å²) in [5, 5.41) is 8.88. The molecule has 0 saturated carbocycles. The van der Waals surface area contributed by atoms with Gasteiger partial charge in [-0.25, -0.2) is 26.0 Å². The first-order valence-corrected chi connectivity index (χ1v) is 12.5. The minimum atomic E-state index is -3.50. The third kappa shape index (κ3) is 6.59. The molecule has 1 heterocycles. The third-order valence-electron chi connectivity index (χ3n) is 4.76. The number of alkyl halides is 1. The molecule has 2 rings (SSSR count). The fraction of sp³-hybridized carbons (Fsp3) is 0.500. The Balaban J connectivity index is 1.87. The van der Waals surface area contributed by atoms with Crippen LogP contribution in [-0.4, -0.2) is 69.5 Å². The number of halogens is 1. The highest BCUT2D eigenvalue weighted by Crippen LogP contribution is 2.30. The van der Waals surface area contributed by atoms with E-state index in [-0.39, 0.29) is 48.8 Å². The summed E-state index contributed by atoms with van der Waals surface area (Å²) in [5.41, 5.74) is -1.00. The SMILES string of the molecule is CS(=O)(=O)c1ccc(C=CCS(=O)(=O)CCC2(F)CCN(C(=O)O)CC2)cc1. The second-order valence-corrected chi connectivity index (χ2v) is 11.3. The molecule has 156 valence electrons. The van der Waals surface area contributed by atoms with Gasteiger partial charge in [0.15, 0.2) is 19.7 Å². The molecule has 10 heteroatoms. The summed E-state index contributed by atoms with van der Waals surface area (Å²) in [5.74, 6) is -0.563. The maximum atomic E-state index is 14.7. The molecule has 28 heavy (non-hydrogen) atoms. The summed E-state index contributed by atoms with van der Waals surface area (Å²) in [6.07, 6.45) is 2.87. The third-order valence-corrected chi connectivity index (χ3v) is 7.41. The van der Waals surface area contributed by atoms with Crippen LogP contribution in [0.15, 0.2) is 35.2 Å². The zero-order chi connectivity index (χ0) is 21.0. The van der Waals surface area contributed by atoms with Crippen molar-refractivity contribution in [3.05, 3.63) is 35.9 Å². The van der Waals surface area contributed by atoms with Crippen molar-refractivity contribution in [1.82, 2.24) is 4.90 Å². The van der Waals surface area contributed by atoms with Gasteiger partial charge in [0.2, 0.25) is 0 Å². The average Bonchev–Trinajstić information content (AvgIpc) is 2.60. The molecular formula is C18H24FNO6S2. The molecule has 0 bridgehead atoms. The number of carbonyl (C=O) groups is 1. The maximum absolute atomic E-state index is 14.7. The molecule has 0 aromatic heterocycles. The Morgan fingerprint density at radius 1 is 1.18 bits per heavy atom. The van der Waals surface area contributed by atoms with Gasteiger partial charge in [-0.05, 0) is 37.0 Å². The number of likely N-dealkylation sites (tertiary alicyclic amines) is 1. The van der Waals surface area contributed by atoms with Gasteiger partial charge in [-0.1, -0.05) is 24.3 Å². The second-order valence-electron chi connectivity index (χ2n) is 7.03. The Morgan fingerprint density at radius 2 is 1.75 bits per heavy atom. The zero-order valence-corrected chi connectivity index (χ0v) is 17.2. The van der Waals surface area contributed by atoms with Crippen LogP contribution in [0.25, 0.3) is 6.08 Å². The fourth-order valence-electron chi connectivity index (χ4n) is 2.93. The van der Waals surface area contributed by atoms with Gasteiger partial charge in [0.1, 0.15) is 5.67 Å². The molecule has 1 aliphatic rings. The van der Waals surface area contributed by atoms with E-state index in [2.05, 4.69) is 0 Å². The number of piperidine rings is 1. The Kier molecular flexibility index (Phi) is 6.87. The first-order chi connectivity index (χ1) is 12.9. The summed E-state index contributed by atoms with van der Waals surface area (Å²) < 4.78 is 61.9. The quantitative estimate of drug-likeness (QED) is 0.707. The Labute approximate surface area is 164 Å². The zero-order valence-electron chi connectivity index (χ0n) is 15.5. The van der Waals surface area contributed by atoms with E-state index in [1.807, 2.05) is 0 Å². The van der Waals surface area contributed by atoms with Gasteiger partial charge >= 0.3 is 6.09 Å². The number of hydrogen-bond donors (Lipinski definition) is 1. The predicted molar refractivity (Wildman–Crippen MR) is 105 cm³/mol. The lowest BCUT2D eigenvalue weighted by Crippen LogP contribution is -2.44. The minimum absolute atomic E-state index is 0.00263. The number of amides is 1. The Bertz CT molecular complexity index is 931. The average molecular weight is 434 g/mol. The van der Waals surface area contributed by atoms with E-state index >= 15 is 0 Å². The van der Waals surface area contributed by atoms with E-state index < -0.39 is 31.4 Å². The molecule has 1 aromatic rings. The van der Waals surface area contributed by atoms with E-state index in [0.29, 0.717) is 5.56 Å². The van der Waals surface area contributed by atoms with Crippen LogP contribution in [0.2, 0.25) is 0 Å². The van der Waals surface area contributed by atoms with Crippen LogP contribution in [0.4, 0.5) is 9.18 Å². The highest BCUT2D eigenvalue weighted by Gasteiger charge is 2.36. The van der Waals surface area contributed by atoms with E-state index in [4.69, 9.17) is 5.11 Å². The highest BCUT2D eigenvalue weighted by atomic mass is 32.2. The van der Waals surface area contributed by atoms with Gasteiger partial charge in [0.05, 0.1) is 16.4 Å². The normalized spacial score (nSPS) is 17.7. The molecule has 1 aliphatic heterocycles. The number of nitrogens with zero attached hydrogens (tertiary/aromatic N) is 1. The summed E-state index contributed by atoms with van der Waals surface area (Å²) in [7, 11) is -6.79. The van der Waals surface area contributed by atoms with Crippen LogP contribution in [-0.2, 0) is 19.7 Å². The topological polar surface area (TPSA) is 109 Å². The highest BCUT2D eigenvalue weighted by molar-refractivity contribution is 7.91. The van der Waals surface area contributed by atoms with E-state index in [9.17, 15) is 26.0 Å². The molecule has 0 atom stereocenters. The number of rotatable bonds is 7. The molecule has 1 amide bonds. The van der Waals surface area contributed by atoms with Gasteiger partial charge in [-0.15, -0.1) is 0 Å². The smallest absolute Gasteiger partial charge is 0.407 e. The van der Waals surface area contributed by atoms with E-state index in [1.165, 1.54) is 18.2 Å². The summed E-state index contributed by atoms with van der Waals surface area (Å²) >= 11 is 0.